The molecule has 1 aromatic rings. The summed E-state index contributed by atoms with van der Waals surface area (Å²) in [5, 5.41) is 9.07. The predicted octanol–water partition coefficient (Wildman–Crippen LogP) is 2.82. The zero-order valence-electron chi connectivity index (χ0n) is 14.8. The number of hydrogen-bond acceptors (Lipinski definition) is 3. The Morgan fingerprint density at radius 2 is 2.35 bits per heavy atom. The van der Waals surface area contributed by atoms with Gasteiger partial charge in [-0.25, -0.2) is 0 Å². The van der Waals surface area contributed by atoms with Crippen molar-refractivity contribution in [3.05, 3.63) is 22.4 Å². The third kappa shape index (κ3) is 6.92. The fourth-order valence-electron chi connectivity index (χ4n) is 3.11. The first-order valence-corrected chi connectivity index (χ1v) is 9.78. The van der Waals surface area contributed by atoms with Gasteiger partial charge in [0.2, 0.25) is 0 Å². The highest BCUT2D eigenvalue weighted by Gasteiger charge is 2.17. The fraction of sp³-hybridized carbons (Fsp3) is 0.722. The van der Waals surface area contributed by atoms with Gasteiger partial charge in [0.25, 0.3) is 0 Å². The maximum absolute atomic E-state index is 4.78. The van der Waals surface area contributed by atoms with Gasteiger partial charge < -0.3 is 15.5 Å². The van der Waals surface area contributed by atoms with Gasteiger partial charge in [-0.05, 0) is 63.1 Å². The van der Waals surface area contributed by atoms with Crippen LogP contribution in [-0.2, 0) is 6.42 Å². The number of nitrogens with zero attached hydrogens (tertiary/aromatic N) is 2. The van der Waals surface area contributed by atoms with Crippen LogP contribution in [0.25, 0.3) is 0 Å². The lowest BCUT2D eigenvalue weighted by Crippen LogP contribution is -2.43. The van der Waals surface area contributed by atoms with E-state index < -0.39 is 0 Å². The van der Waals surface area contributed by atoms with E-state index in [4.69, 9.17) is 4.99 Å². The van der Waals surface area contributed by atoms with Gasteiger partial charge in [-0.15, -0.1) is 11.3 Å². The predicted molar refractivity (Wildman–Crippen MR) is 101 cm³/mol. The van der Waals surface area contributed by atoms with Gasteiger partial charge in [-0.1, -0.05) is 13.0 Å². The Labute approximate surface area is 145 Å². The molecule has 0 aromatic carbocycles. The van der Waals surface area contributed by atoms with Crippen molar-refractivity contribution < 1.29 is 0 Å². The molecular formula is C18H32N4S. The molecule has 130 valence electrons. The van der Waals surface area contributed by atoms with Crippen molar-refractivity contribution in [2.75, 3.05) is 39.8 Å². The lowest BCUT2D eigenvalue weighted by Gasteiger charge is -2.30. The first kappa shape index (κ1) is 18.3. The molecule has 2 rings (SSSR count). The first-order chi connectivity index (χ1) is 11.2. The number of aliphatic imine (C=N–C) groups is 1. The van der Waals surface area contributed by atoms with Crippen LogP contribution in [0.5, 0.6) is 0 Å². The highest BCUT2D eigenvalue weighted by Crippen LogP contribution is 2.15. The van der Waals surface area contributed by atoms with Crippen LogP contribution in [0, 0.1) is 11.8 Å². The summed E-state index contributed by atoms with van der Waals surface area (Å²) >= 11 is 1.84. The molecule has 2 atom stereocenters. The summed E-state index contributed by atoms with van der Waals surface area (Å²) in [5.41, 5.74) is 0. The molecule has 4 nitrogen and oxygen atoms in total. The van der Waals surface area contributed by atoms with Crippen molar-refractivity contribution >= 4 is 17.3 Å². The molecule has 1 saturated heterocycles. The van der Waals surface area contributed by atoms with Crippen LogP contribution in [0.2, 0.25) is 0 Å². The van der Waals surface area contributed by atoms with Crippen molar-refractivity contribution in [2.24, 2.45) is 16.8 Å². The molecule has 2 N–H and O–H groups in total. The molecule has 1 fully saturated rings. The highest BCUT2D eigenvalue weighted by atomic mass is 32.1. The fourth-order valence-corrected chi connectivity index (χ4v) is 3.98. The van der Waals surface area contributed by atoms with Crippen molar-refractivity contribution in [3.63, 3.8) is 0 Å². The first-order valence-electron chi connectivity index (χ1n) is 8.90. The van der Waals surface area contributed by atoms with Gasteiger partial charge in [-0.3, -0.25) is 4.99 Å². The molecule has 1 aromatic heterocycles. The molecular weight excluding hydrogens is 304 g/mol. The number of nitrogens with one attached hydrogen (secondary N) is 2. The van der Waals surface area contributed by atoms with E-state index in [0.29, 0.717) is 5.92 Å². The topological polar surface area (TPSA) is 39.7 Å². The number of piperidine rings is 1. The minimum atomic E-state index is 0.574. The second-order valence-corrected chi connectivity index (χ2v) is 7.79. The van der Waals surface area contributed by atoms with Gasteiger partial charge in [0.15, 0.2) is 5.96 Å². The summed E-state index contributed by atoms with van der Waals surface area (Å²) < 4.78 is 0. The Kier molecular flexibility index (Phi) is 7.89. The number of guanidine groups is 1. The summed E-state index contributed by atoms with van der Waals surface area (Å²) in [6.45, 7) is 9.65. The Morgan fingerprint density at radius 3 is 3.04 bits per heavy atom. The van der Waals surface area contributed by atoms with Crippen molar-refractivity contribution in [1.82, 2.24) is 15.5 Å². The van der Waals surface area contributed by atoms with Crippen LogP contribution < -0.4 is 10.6 Å². The Bertz CT molecular complexity index is 458. The standard InChI is InChI=1S/C18H32N4S/c1-4-19-18(21-13-16-7-5-9-22(3)14-16)20-12-15(2)11-17-8-6-10-23-17/h6,8,10,15-16H,4-5,7,9,11-14H2,1-3H3,(H2,19,20,21). The van der Waals surface area contributed by atoms with Crippen LogP contribution in [0.15, 0.2) is 22.5 Å². The van der Waals surface area contributed by atoms with Crippen LogP contribution in [0.3, 0.4) is 0 Å². The summed E-state index contributed by atoms with van der Waals surface area (Å²) in [6, 6.07) is 4.34. The van der Waals surface area contributed by atoms with Crippen LogP contribution in [-0.4, -0.2) is 50.6 Å². The monoisotopic (exact) mass is 336 g/mol. The molecule has 0 aliphatic carbocycles. The second-order valence-electron chi connectivity index (χ2n) is 6.76. The summed E-state index contributed by atoms with van der Waals surface area (Å²) in [5.74, 6) is 2.28. The van der Waals surface area contributed by atoms with E-state index in [1.165, 1.54) is 30.8 Å². The number of rotatable bonds is 7. The third-order valence-corrected chi connectivity index (χ3v) is 5.21. The van der Waals surface area contributed by atoms with Crippen molar-refractivity contribution in [3.8, 4) is 0 Å². The molecule has 0 bridgehead atoms. The lowest BCUT2D eigenvalue weighted by atomic mass is 9.99. The summed E-state index contributed by atoms with van der Waals surface area (Å²) in [6.07, 6.45) is 3.76. The van der Waals surface area contributed by atoms with Crippen LogP contribution in [0.1, 0.15) is 31.6 Å². The quantitative estimate of drug-likeness (QED) is 0.594. The Balaban J connectivity index is 1.77. The minimum absolute atomic E-state index is 0.574. The zero-order valence-corrected chi connectivity index (χ0v) is 15.7. The van der Waals surface area contributed by atoms with E-state index in [-0.39, 0.29) is 0 Å². The van der Waals surface area contributed by atoms with E-state index in [1.54, 1.807) is 0 Å². The number of hydrogen-bond donors (Lipinski definition) is 2. The van der Waals surface area contributed by atoms with Crippen LogP contribution in [0.4, 0.5) is 0 Å². The van der Waals surface area contributed by atoms with Gasteiger partial charge >= 0.3 is 0 Å². The minimum Gasteiger partial charge on any atom is -0.357 e. The maximum Gasteiger partial charge on any atom is 0.191 e. The second kappa shape index (κ2) is 9.93. The third-order valence-electron chi connectivity index (χ3n) is 4.32. The smallest absolute Gasteiger partial charge is 0.191 e. The SMILES string of the molecule is CCNC(=NCC(C)Cc1cccs1)NCC1CCCN(C)C1. The number of likely N-dealkylation sites (tertiary alicyclic amines) is 1. The van der Waals surface area contributed by atoms with E-state index in [1.807, 2.05) is 11.3 Å². The summed E-state index contributed by atoms with van der Waals surface area (Å²) in [7, 11) is 2.22. The van der Waals surface area contributed by atoms with E-state index in [9.17, 15) is 0 Å². The average molecular weight is 337 g/mol. The van der Waals surface area contributed by atoms with Crippen molar-refractivity contribution in [2.45, 2.75) is 33.1 Å². The lowest BCUT2D eigenvalue weighted by molar-refractivity contribution is 0.210. The maximum atomic E-state index is 4.78. The van der Waals surface area contributed by atoms with Gasteiger partial charge in [-0.2, -0.15) is 0 Å². The highest BCUT2D eigenvalue weighted by molar-refractivity contribution is 7.09. The van der Waals surface area contributed by atoms with E-state index >= 15 is 0 Å². The Hall–Kier alpha value is -1.07. The molecule has 0 radical (unpaired) electrons. The van der Waals surface area contributed by atoms with E-state index in [2.05, 4.69) is 53.9 Å². The van der Waals surface area contributed by atoms with E-state index in [0.717, 1.165) is 37.9 Å². The van der Waals surface area contributed by atoms with Crippen molar-refractivity contribution in [1.29, 1.82) is 0 Å². The normalized spacial score (nSPS) is 21.2. The van der Waals surface area contributed by atoms with Gasteiger partial charge in [0.05, 0.1) is 0 Å². The molecule has 2 unspecified atom stereocenters. The van der Waals surface area contributed by atoms with Gasteiger partial charge in [0.1, 0.15) is 0 Å². The number of thiophene rings is 1. The molecule has 1 aliphatic rings. The average Bonchev–Trinajstić information content (AvgIpc) is 3.03. The zero-order chi connectivity index (χ0) is 16.5. The molecule has 23 heavy (non-hydrogen) atoms. The molecule has 5 heteroatoms. The molecule has 0 spiro atoms. The largest absolute Gasteiger partial charge is 0.357 e. The molecule has 0 amide bonds. The molecule has 2 heterocycles. The van der Waals surface area contributed by atoms with Gasteiger partial charge in [0, 0.05) is 31.1 Å². The Morgan fingerprint density at radius 1 is 1.48 bits per heavy atom. The summed E-state index contributed by atoms with van der Waals surface area (Å²) in [4.78, 5) is 8.67. The molecule has 1 aliphatic heterocycles. The van der Waals surface area contributed by atoms with Crippen LogP contribution >= 0.6 is 11.3 Å². The molecule has 0 saturated carbocycles.